The second-order valence-electron chi connectivity index (χ2n) is 14.2. The largest absolute Gasteiger partial charge is 0.472 e. The van der Waals surface area contributed by atoms with Crippen molar-refractivity contribution in [2.45, 2.75) is 180 Å². The molecule has 0 radical (unpaired) electrons. The van der Waals surface area contributed by atoms with Crippen LogP contribution in [0.1, 0.15) is 162 Å². The van der Waals surface area contributed by atoms with Gasteiger partial charge in [-0.15, -0.1) is 0 Å². The van der Waals surface area contributed by atoms with Crippen molar-refractivity contribution in [1.82, 2.24) is 0 Å². The van der Waals surface area contributed by atoms with E-state index in [0.29, 0.717) is 32.1 Å². The molecular weight excluding hydrogens is 735 g/mol. The molecule has 0 aliphatic rings. The summed E-state index contributed by atoms with van der Waals surface area (Å²) < 4.78 is 32.6. The molecule has 0 aliphatic carbocycles. The fourth-order valence-corrected chi connectivity index (χ4v) is 6.14. The van der Waals surface area contributed by atoms with Gasteiger partial charge >= 0.3 is 19.8 Å². The van der Waals surface area contributed by atoms with Crippen molar-refractivity contribution in [3.05, 3.63) is 60.8 Å². The molecule has 0 aromatic carbocycles. The lowest BCUT2D eigenvalue weighted by Gasteiger charge is -2.20. The molecule has 0 saturated heterocycles. The van der Waals surface area contributed by atoms with Crippen molar-refractivity contribution < 1.29 is 52.9 Å². The summed E-state index contributed by atoms with van der Waals surface area (Å²) in [6.07, 6.45) is 39.3. The topological polar surface area (TPSA) is 169 Å². The Kier molecular flexibility index (Phi) is 37.8. The normalized spacial score (nSPS) is 15.0. The molecule has 0 bridgehead atoms. The summed E-state index contributed by atoms with van der Waals surface area (Å²) in [5.74, 6) is -1.05. The maximum Gasteiger partial charge on any atom is 0.472 e. The van der Waals surface area contributed by atoms with Crippen LogP contribution in [0, 0.1) is 0 Å². The number of aliphatic hydroxyl groups is 3. The molecule has 0 fully saturated rings. The monoisotopic (exact) mass is 813 g/mol. The number of phosphoric ester groups is 1. The summed E-state index contributed by atoms with van der Waals surface area (Å²) in [6.45, 7) is 2.17. The molecule has 0 aromatic rings. The van der Waals surface area contributed by atoms with E-state index in [1.54, 1.807) is 6.08 Å². The quantitative estimate of drug-likeness (QED) is 0.0153. The molecule has 0 rings (SSSR count). The first-order valence-corrected chi connectivity index (χ1v) is 22.8. The van der Waals surface area contributed by atoms with Gasteiger partial charge in [0.25, 0.3) is 0 Å². The summed E-state index contributed by atoms with van der Waals surface area (Å²) >= 11 is 0. The Balaban J connectivity index is 4.48. The van der Waals surface area contributed by atoms with E-state index < -0.39 is 57.9 Å². The van der Waals surface area contributed by atoms with Gasteiger partial charge in [0.15, 0.2) is 6.10 Å². The van der Waals surface area contributed by atoms with Crippen LogP contribution >= 0.6 is 7.82 Å². The van der Waals surface area contributed by atoms with Crippen LogP contribution in [0.2, 0.25) is 0 Å². The molecule has 1 unspecified atom stereocenters. The van der Waals surface area contributed by atoms with E-state index in [0.717, 1.165) is 44.9 Å². The van der Waals surface area contributed by atoms with Crippen LogP contribution in [-0.4, -0.2) is 76.9 Å². The summed E-state index contributed by atoms with van der Waals surface area (Å²) in [6, 6.07) is 0. The minimum atomic E-state index is -4.65. The third-order valence-corrected chi connectivity index (χ3v) is 9.68. The van der Waals surface area contributed by atoms with Crippen LogP contribution < -0.4 is 0 Å². The van der Waals surface area contributed by atoms with Crippen molar-refractivity contribution in [1.29, 1.82) is 0 Å². The fraction of sp³-hybridized carbons (Fsp3) is 0.727. The van der Waals surface area contributed by atoms with Gasteiger partial charge in [-0.3, -0.25) is 18.6 Å². The van der Waals surface area contributed by atoms with Crippen molar-refractivity contribution in [2.75, 3.05) is 26.4 Å². The number of allylic oxidation sites excluding steroid dienone is 8. The Morgan fingerprint density at radius 2 is 1.14 bits per heavy atom. The van der Waals surface area contributed by atoms with E-state index >= 15 is 0 Å². The van der Waals surface area contributed by atoms with Crippen LogP contribution in [-0.2, 0) is 32.7 Å². The lowest BCUT2D eigenvalue weighted by molar-refractivity contribution is -0.161. The molecule has 11 nitrogen and oxygen atoms in total. The van der Waals surface area contributed by atoms with E-state index in [1.807, 2.05) is 36.5 Å². The average molecular weight is 813 g/mol. The van der Waals surface area contributed by atoms with Crippen LogP contribution in [0.4, 0.5) is 0 Å². The molecule has 0 amide bonds. The van der Waals surface area contributed by atoms with Gasteiger partial charge in [-0.05, 0) is 70.6 Å². The predicted octanol–water partition coefficient (Wildman–Crippen LogP) is 10.1. The summed E-state index contributed by atoms with van der Waals surface area (Å²) in [4.78, 5) is 34.9. The van der Waals surface area contributed by atoms with Gasteiger partial charge in [-0.1, -0.05) is 139 Å². The zero-order chi connectivity index (χ0) is 41.4. The Hall–Kier alpha value is -2.37. The molecule has 12 heteroatoms. The SMILES string of the molecule is CCCCC/C=C\C=C/[C@@H](O)C/C=C\C/C=C/CCCC(=O)OC[C@H](COP(=O)(O)OC[C@@H](O)CO)OC(=O)CCCCCCC/C=C\CCCCCCCC. The molecular formula is C44H77O11P. The molecule has 324 valence electrons. The molecule has 0 spiro atoms. The van der Waals surface area contributed by atoms with Crippen LogP contribution in [0.15, 0.2) is 60.8 Å². The third kappa shape index (κ3) is 38.5. The van der Waals surface area contributed by atoms with E-state index in [9.17, 15) is 29.3 Å². The third-order valence-electron chi connectivity index (χ3n) is 8.72. The highest BCUT2D eigenvalue weighted by atomic mass is 31.2. The zero-order valence-electron chi connectivity index (χ0n) is 34.7. The number of unbranched alkanes of at least 4 members (excludes halogenated alkanes) is 15. The number of carbonyl (C=O) groups excluding carboxylic acids is 2. The van der Waals surface area contributed by atoms with Gasteiger partial charge < -0.3 is 29.7 Å². The van der Waals surface area contributed by atoms with E-state index in [2.05, 4.69) is 36.6 Å². The molecule has 0 heterocycles. The van der Waals surface area contributed by atoms with Gasteiger partial charge in [0.1, 0.15) is 12.7 Å². The molecule has 0 saturated carbocycles. The number of esters is 2. The van der Waals surface area contributed by atoms with E-state index in [-0.39, 0.29) is 19.4 Å². The van der Waals surface area contributed by atoms with Crippen molar-refractivity contribution in [3.63, 3.8) is 0 Å². The van der Waals surface area contributed by atoms with E-state index in [1.165, 1.54) is 57.8 Å². The second-order valence-corrected chi connectivity index (χ2v) is 15.7. The number of hydrogen-bond acceptors (Lipinski definition) is 10. The molecule has 0 aromatic heterocycles. The van der Waals surface area contributed by atoms with Gasteiger partial charge in [0.2, 0.25) is 0 Å². The minimum Gasteiger partial charge on any atom is -0.462 e. The maximum atomic E-state index is 12.6. The number of hydrogen-bond donors (Lipinski definition) is 4. The first-order chi connectivity index (χ1) is 27.1. The molecule has 56 heavy (non-hydrogen) atoms. The van der Waals surface area contributed by atoms with Crippen LogP contribution in [0.25, 0.3) is 0 Å². The summed E-state index contributed by atoms with van der Waals surface area (Å²) in [7, 11) is -4.65. The molecule has 4 atom stereocenters. The first kappa shape index (κ1) is 53.6. The standard InChI is InChI=1S/C44H77O11P/c1-3-5-7-9-11-12-13-14-15-16-17-18-22-27-31-35-44(49)55-42(39-54-56(50,51)53-37-41(47)36-45)38-52-43(48)34-30-26-23-19-21-25-29-33-40(46)32-28-24-20-10-8-6-4-2/h14-15,19-20,23-25,28-29,32,40-42,45-47H,3-13,16-18,21-22,26-27,30-31,33-39H2,1-2H3,(H,50,51)/b15-14-,23-19+,24-20-,29-25-,32-28-/t40-,41+,42-/m1/s1. The zero-order valence-corrected chi connectivity index (χ0v) is 35.6. The van der Waals surface area contributed by atoms with Gasteiger partial charge in [0, 0.05) is 12.8 Å². The number of aliphatic hydroxyl groups excluding tert-OH is 3. The second kappa shape index (κ2) is 39.5. The Morgan fingerprint density at radius 1 is 0.607 bits per heavy atom. The summed E-state index contributed by atoms with van der Waals surface area (Å²) in [5, 5.41) is 28.4. The summed E-state index contributed by atoms with van der Waals surface area (Å²) in [5.41, 5.74) is 0. The van der Waals surface area contributed by atoms with Crippen LogP contribution in [0.5, 0.6) is 0 Å². The van der Waals surface area contributed by atoms with Crippen LogP contribution in [0.3, 0.4) is 0 Å². The van der Waals surface area contributed by atoms with Gasteiger partial charge in [-0.2, -0.15) is 0 Å². The highest BCUT2D eigenvalue weighted by Gasteiger charge is 2.27. The number of carbonyl (C=O) groups is 2. The number of ether oxygens (including phenoxy) is 2. The Labute approximate surface area is 338 Å². The average Bonchev–Trinajstić information content (AvgIpc) is 3.18. The lowest BCUT2D eigenvalue weighted by Crippen LogP contribution is -2.29. The number of phosphoric acid groups is 1. The van der Waals surface area contributed by atoms with Gasteiger partial charge in [-0.25, -0.2) is 4.57 Å². The molecule has 4 N–H and O–H groups in total. The number of rotatable bonds is 39. The van der Waals surface area contributed by atoms with Gasteiger partial charge in [0.05, 0.1) is 25.9 Å². The molecule has 0 aliphatic heterocycles. The highest BCUT2D eigenvalue weighted by Crippen LogP contribution is 2.43. The van der Waals surface area contributed by atoms with Crippen molar-refractivity contribution in [2.24, 2.45) is 0 Å². The predicted molar refractivity (Wildman–Crippen MR) is 225 cm³/mol. The highest BCUT2D eigenvalue weighted by molar-refractivity contribution is 7.47. The minimum absolute atomic E-state index is 0.128. The maximum absolute atomic E-state index is 12.6. The van der Waals surface area contributed by atoms with E-state index in [4.69, 9.17) is 19.1 Å². The lowest BCUT2D eigenvalue weighted by atomic mass is 10.1. The fourth-order valence-electron chi connectivity index (χ4n) is 5.35. The van der Waals surface area contributed by atoms with Crippen molar-refractivity contribution in [3.8, 4) is 0 Å². The Morgan fingerprint density at radius 3 is 1.84 bits per heavy atom. The smallest absolute Gasteiger partial charge is 0.462 e. The first-order valence-electron chi connectivity index (χ1n) is 21.4. The Bertz CT molecular complexity index is 1130. The van der Waals surface area contributed by atoms with Crippen molar-refractivity contribution >= 4 is 19.8 Å².